The second kappa shape index (κ2) is 7.49. The standard InChI is InChI=1S/C21H27O2P/c1-7-23-17-8-10-18(11-9-17)24-20(22)19-14(2)12-16(13-15(19)3)21(4,5)6/h8-13,24H,7H2,1-6H3. The summed E-state index contributed by atoms with van der Waals surface area (Å²) in [7, 11) is 0.136. The van der Waals surface area contributed by atoms with Crippen molar-refractivity contribution in [2.24, 2.45) is 0 Å². The lowest BCUT2D eigenvalue weighted by Gasteiger charge is -2.22. The first-order chi connectivity index (χ1) is 11.2. The van der Waals surface area contributed by atoms with Crippen molar-refractivity contribution in [1.82, 2.24) is 0 Å². The van der Waals surface area contributed by atoms with E-state index in [4.69, 9.17) is 4.74 Å². The Labute approximate surface area is 147 Å². The van der Waals surface area contributed by atoms with Crippen molar-refractivity contribution in [1.29, 1.82) is 0 Å². The third-order valence-electron chi connectivity index (χ3n) is 4.05. The predicted octanol–water partition coefficient (Wildman–Crippen LogP) is 5.14. The van der Waals surface area contributed by atoms with Crippen LogP contribution in [0.3, 0.4) is 0 Å². The Morgan fingerprint density at radius 1 is 1.04 bits per heavy atom. The number of hydrogen-bond donors (Lipinski definition) is 0. The maximum atomic E-state index is 12.8. The van der Waals surface area contributed by atoms with Crippen LogP contribution in [-0.2, 0) is 5.41 Å². The van der Waals surface area contributed by atoms with Crippen LogP contribution in [-0.4, -0.2) is 12.1 Å². The largest absolute Gasteiger partial charge is 0.494 e. The van der Waals surface area contributed by atoms with Gasteiger partial charge in [0, 0.05) is 5.56 Å². The number of hydrogen-bond acceptors (Lipinski definition) is 2. The lowest BCUT2D eigenvalue weighted by atomic mass is 9.84. The fourth-order valence-electron chi connectivity index (χ4n) is 2.75. The van der Waals surface area contributed by atoms with Crippen molar-refractivity contribution >= 4 is 19.4 Å². The van der Waals surface area contributed by atoms with E-state index in [1.54, 1.807) is 0 Å². The summed E-state index contributed by atoms with van der Waals surface area (Å²) in [6.45, 7) is 13.3. The molecule has 0 radical (unpaired) electrons. The summed E-state index contributed by atoms with van der Waals surface area (Å²) in [4.78, 5) is 12.8. The molecule has 0 spiro atoms. The first kappa shape index (κ1) is 18.7. The highest BCUT2D eigenvalue weighted by molar-refractivity contribution is 7.66. The average molecular weight is 342 g/mol. The molecule has 0 heterocycles. The Hall–Kier alpha value is -1.66. The second-order valence-corrected chi connectivity index (χ2v) is 8.43. The third-order valence-corrected chi connectivity index (χ3v) is 5.15. The Bertz CT molecular complexity index is 701. The zero-order chi connectivity index (χ0) is 17.9. The van der Waals surface area contributed by atoms with Crippen molar-refractivity contribution in [3.05, 3.63) is 58.7 Å². The zero-order valence-electron chi connectivity index (χ0n) is 15.5. The molecule has 2 nitrogen and oxygen atoms in total. The van der Waals surface area contributed by atoms with E-state index in [9.17, 15) is 4.79 Å². The Morgan fingerprint density at radius 3 is 2.04 bits per heavy atom. The number of carbonyl (C=O) groups is 1. The van der Waals surface area contributed by atoms with E-state index in [2.05, 4.69) is 32.9 Å². The van der Waals surface area contributed by atoms with Crippen LogP contribution in [0.1, 0.15) is 54.7 Å². The van der Waals surface area contributed by atoms with E-state index in [-0.39, 0.29) is 19.5 Å². The van der Waals surface area contributed by atoms with Gasteiger partial charge in [0.15, 0.2) is 5.52 Å². The van der Waals surface area contributed by atoms with Crippen LogP contribution in [0.25, 0.3) is 0 Å². The Balaban J connectivity index is 2.23. The molecule has 1 unspecified atom stereocenters. The van der Waals surface area contributed by atoms with E-state index in [1.807, 2.05) is 45.0 Å². The van der Waals surface area contributed by atoms with Crippen LogP contribution in [0, 0.1) is 13.8 Å². The first-order valence-corrected chi connectivity index (χ1v) is 9.38. The van der Waals surface area contributed by atoms with Crippen molar-refractivity contribution < 1.29 is 9.53 Å². The minimum atomic E-state index is 0.0918. The van der Waals surface area contributed by atoms with E-state index in [0.29, 0.717) is 6.61 Å². The van der Waals surface area contributed by atoms with E-state index < -0.39 is 0 Å². The minimum Gasteiger partial charge on any atom is -0.494 e. The van der Waals surface area contributed by atoms with Gasteiger partial charge in [-0.05, 0) is 68.9 Å². The summed E-state index contributed by atoms with van der Waals surface area (Å²) in [5, 5.41) is 1.04. The maximum absolute atomic E-state index is 12.8. The zero-order valence-corrected chi connectivity index (χ0v) is 16.5. The van der Waals surface area contributed by atoms with Gasteiger partial charge in [-0.2, -0.15) is 0 Å². The van der Waals surface area contributed by atoms with Crippen LogP contribution >= 0.6 is 8.58 Å². The molecule has 1 atom stereocenters. The summed E-state index contributed by atoms with van der Waals surface area (Å²) in [5.41, 5.74) is 4.59. The predicted molar refractivity (Wildman–Crippen MR) is 105 cm³/mol. The highest BCUT2D eigenvalue weighted by Crippen LogP contribution is 2.30. The molecule has 0 bridgehead atoms. The molecule has 2 rings (SSSR count). The van der Waals surface area contributed by atoms with Gasteiger partial charge in [0.25, 0.3) is 0 Å². The molecule has 0 aliphatic heterocycles. The van der Waals surface area contributed by atoms with Crippen molar-refractivity contribution in [2.45, 2.75) is 47.0 Å². The number of benzene rings is 2. The van der Waals surface area contributed by atoms with Gasteiger partial charge in [-0.15, -0.1) is 0 Å². The van der Waals surface area contributed by atoms with Crippen LogP contribution < -0.4 is 10.0 Å². The lowest BCUT2D eigenvalue weighted by Crippen LogP contribution is -2.13. The minimum absolute atomic E-state index is 0.0918. The molecule has 0 amide bonds. The van der Waals surface area contributed by atoms with Gasteiger partial charge in [0.1, 0.15) is 5.75 Å². The van der Waals surface area contributed by atoms with Gasteiger partial charge in [-0.3, -0.25) is 4.79 Å². The fourth-order valence-corrected chi connectivity index (χ4v) is 3.86. The van der Waals surface area contributed by atoms with Crippen LogP contribution in [0.2, 0.25) is 0 Å². The smallest absolute Gasteiger partial charge is 0.186 e. The molecule has 0 saturated carbocycles. The number of ether oxygens (including phenoxy) is 1. The molecule has 2 aromatic rings. The summed E-state index contributed by atoms with van der Waals surface area (Å²) < 4.78 is 5.45. The third kappa shape index (κ3) is 4.45. The summed E-state index contributed by atoms with van der Waals surface area (Å²) in [6, 6.07) is 12.1. The molecular weight excluding hydrogens is 315 g/mol. The van der Waals surface area contributed by atoms with E-state index in [0.717, 1.165) is 27.7 Å². The van der Waals surface area contributed by atoms with Gasteiger partial charge < -0.3 is 4.74 Å². The van der Waals surface area contributed by atoms with Crippen LogP contribution in [0.5, 0.6) is 5.75 Å². The SMILES string of the molecule is CCOc1ccc(PC(=O)c2c(C)cc(C(C)(C)C)cc2C)cc1. The van der Waals surface area contributed by atoms with E-state index >= 15 is 0 Å². The summed E-state index contributed by atoms with van der Waals surface area (Å²) >= 11 is 0. The van der Waals surface area contributed by atoms with Crippen molar-refractivity contribution in [2.75, 3.05) is 6.61 Å². The number of carbonyl (C=O) groups excluding carboxylic acids is 1. The Morgan fingerprint density at radius 2 is 1.58 bits per heavy atom. The first-order valence-electron chi connectivity index (χ1n) is 8.38. The topological polar surface area (TPSA) is 26.3 Å². The van der Waals surface area contributed by atoms with Gasteiger partial charge in [-0.1, -0.05) is 45.0 Å². The molecule has 0 aromatic heterocycles. The Kier molecular flexibility index (Phi) is 5.83. The molecule has 3 heteroatoms. The van der Waals surface area contributed by atoms with Gasteiger partial charge in [0.2, 0.25) is 0 Å². The van der Waals surface area contributed by atoms with Gasteiger partial charge in [-0.25, -0.2) is 0 Å². The van der Waals surface area contributed by atoms with E-state index in [1.165, 1.54) is 5.56 Å². The van der Waals surface area contributed by atoms with Crippen LogP contribution in [0.4, 0.5) is 0 Å². The quantitative estimate of drug-likeness (QED) is 0.703. The van der Waals surface area contributed by atoms with Gasteiger partial charge in [0.05, 0.1) is 6.61 Å². The molecule has 128 valence electrons. The highest BCUT2D eigenvalue weighted by Gasteiger charge is 2.19. The molecule has 0 saturated heterocycles. The molecule has 24 heavy (non-hydrogen) atoms. The monoisotopic (exact) mass is 342 g/mol. The number of rotatable bonds is 5. The maximum Gasteiger partial charge on any atom is 0.186 e. The summed E-state index contributed by atoms with van der Waals surface area (Å²) in [6.07, 6.45) is 0. The number of aryl methyl sites for hydroxylation is 2. The van der Waals surface area contributed by atoms with Crippen molar-refractivity contribution in [3.63, 3.8) is 0 Å². The average Bonchev–Trinajstić information content (AvgIpc) is 2.48. The van der Waals surface area contributed by atoms with Crippen LogP contribution in [0.15, 0.2) is 36.4 Å². The molecular formula is C21H27O2P. The molecule has 0 aliphatic carbocycles. The highest BCUT2D eigenvalue weighted by atomic mass is 31.1. The normalized spacial score (nSPS) is 11.9. The molecule has 0 fully saturated rings. The van der Waals surface area contributed by atoms with Gasteiger partial charge >= 0.3 is 0 Å². The fraction of sp³-hybridized carbons (Fsp3) is 0.381. The molecule has 0 aliphatic rings. The lowest BCUT2D eigenvalue weighted by molar-refractivity contribution is 0.108. The summed E-state index contributed by atoms with van der Waals surface area (Å²) in [5.74, 6) is 0.848. The van der Waals surface area contributed by atoms with Crippen molar-refractivity contribution in [3.8, 4) is 5.75 Å². The molecule has 2 aromatic carbocycles. The molecule has 0 N–H and O–H groups in total. The second-order valence-electron chi connectivity index (χ2n) is 7.15.